The second-order valence-corrected chi connectivity index (χ2v) is 5.34. The molecule has 5 nitrogen and oxygen atoms in total. The third-order valence-electron chi connectivity index (χ3n) is 3.66. The van der Waals surface area contributed by atoms with E-state index < -0.39 is 11.7 Å². The average Bonchev–Trinajstić information content (AvgIpc) is 2.54. The Balaban J connectivity index is 1.87. The molecule has 23 heavy (non-hydrogen) atoms. The quantitative estimate of drug-likeness (QED) is 0.729. The van der Waals surface area contributed by atoms with Gasteiger partial charge in [0.2, 0.25) is 5.91 Å². The maximum atomic E-state index is 12.3. The van der Waals surface area contributed by atoms with E-state index in [1.807, 2.05) is 25.1 Å². The van der Waals surface area contributed by atoms with Crippen LogP contribution in [-0.4, -0.2) is 5.91 Å². The Labute approximate surface area is 132 Å². The molecule has 1 aromatic heterocycles. The van der Waals surface area contributed by atoms with Gasteiger partial charge in [0.05, 0.1) is 0 Å². The molecule has 3 rings (SSSR count). The van der Waals surface area contributed by atoms with E-state index in [2.05, 4.69) is 5.32 Å². The molecule has 5 heteroatoms. The van der Waals surface area contributed by atoms with E-state index in [1.165, 1.54) is 6.07 Å². The number of hydrogen-bond acceptors (Lipinski definition) is 4. The zero-order valence-electron chi connectivity index (χ0n) is 12.6. The van der Waals surface area contributed by atoms with Gasteiger partial charge < -0.3 is 15.5 Å². The van der Waals surface area contributed by atoms with Crippen LogP contribution in [0.15, 0.2) is 63.8 Å². The highest BCUT2D eigenvalue weighted by Gasteiger charge is 2.16. The van der Waals surface area contributed by atoms with Gasteiger partial charge in [-0.25, -0.2) is 4.79 Å². The average molecular weight is 308 g/mol. The summed E-state index contributed by atoms with van der Waals surface area (Å²) in [7, 11) is 0. The molecule has 116 valence electrons. The molecule has 0 saturated heterocycles. The number of rotatable bonds is 3. The maximum Gasteiger partial charge on any atom is 0.336 e. The number of benzene rings is 2. The van der Waals surface area contributed by atoms with Gasteiger partial charge in [0.15, 0.2) is 0 Å². The van der Waals surface area contributed by atoms with E-state index >= 15 is 0 Å². The predicted octanol–water partition coefficient (Wildman–Crippen LogP) is 2.74. The molecule has 0 saturated carbocycles. The first kappa shape index (κ1) is 15.0. The van der Waals surface area contributed by atoms with Crippen LogP contribution in [0.3, 0.4) is 0 Å². The molecule has 0 aliphatic carbocycles. The lowest BCUT2D eigenvalue weighted by Gasteiger charge is -2.13. The van der Waals surface area contributed by atoms with Crippen molar-refractivity contribution in [3.05, 3.63) is 76.1 Å². The van der Waals surface area contributed by atoms with Gasteiger partial charge >= 0.3 is 5.63 Å². The van der Waals surface area contributed by atoms with Crippen molar-refractivity contribution >= 4 is 22.6 Å². The van der Waals surface area contributed by atoms with Gasteiger partial charge in [0, 0.05) is 23.2 Å². The minimum atomic E-state index is -0.767. The first-order chi connectivity index (χ1) is 11.0. The number of anilines is 1. The minimum Gasteiger partial charge on any atom is -0.423 e. The van der Waals surface area contributed by atoms with Crippen molar-refractivity contribution in [1.29, 1.82) is 0 Å². The Morgan fingerprint density at radius 3 is 2.61 bits per heavy atom. The van der Waals surface area contributed by atoms with Crippen molar-refractivity contribution in [2.75, 3.05) is 5.32 Å². The van der Waals surface area contributed by atoms with Crippen LogP contribution < -0.4 is 16.7 Å². The zero-order valence-corrected chi connectivity index (χ0v) is 12.6. The lowest BCUT2D eigenvalue weighted by Crippen LogP contribution is -2.27. The molecule has 1 atom stereocenters. The maximum absolute atomic E-state index is 12.3. The monoisotopic (exact) mass is 308 g/mol. The van der Waals surface area contributed by atoms with Crippen LogP contribution in [0.25, 0.3) is 11.0 Å². The third-order valence-corrected chi connectivity index (χ3v) is 3.66. The van der Waals surface area contributed by atoms with Crippen LogP contribution >= 0.6 is 0 Å². The van der Waals surface area contributed by atoms with Gasteiger partial charge in [0.25, 0.3) is 0 Å². The van der Waals surface area contributed by atoms with Crippen molar-refractivity contribution in [3.8, 4) is 0 Å². The Kier molecular flexibility index (Phi) is 3.95. The van der Waals surface area contributed by atoms with Crippen LogP contribution in [0, 0.1) is 6.92 Å². The standard InChI is InChI=1S/C18H16N2O3/c1-11-9-16(21)23-15-10-13(7-8-14(11)15)20-18(22)17(19)12-5-3-2-4-6-12/h2-10,17H,19H2,1H3,(H,20,22)/t17-/m1/s1. The van der Waals surface area contributed by atoms with E-state index in [4.69, 9.17) is 10.2 Å². The lowest BCUT2D eigenvalue weighted by molar-refractivity contribution is -0.117. The van der Waals surface area contributed by atoms with E-state index in [0.717, 1.165) is 16.5 Å². The van der Waals surface area contributed by atoms with Crippen molar-refractivity contribution in [2.45, 2.75) is 13.0 Å². The highest BCUT2D eigenvalue weighted by molar-refractivity contribution is 5.97. The van der Waals surface area contributed by atoms with Crippen LogP contribution in [0.4, 0.5) is 5.69 Å². The van der Waals surface area contributed by atoms with Gasteiger partial charge in [-0.3, -0.25) is 4.79 Å². The SMILES string of the molecule is Cc1cc(=O)oc2cc(NC(=O)[C@H](N)c3ccccc3)ccc12. The highest BCUT2D eigenvalue weighted by Crippen LogP contribution is 2.21. The van der Waals surface area contributed by atoms with Gasteiger partial charge in [0.1, 0.15) is 11.6 Å². The summed E-state index contributed by atoms with van der Waals surface area (Å²) in [6.45, 7) is 1.84. The minimum absolute atomic E-state index is 0.328. The number of fused-ring (bicyclic) bond motifs is 1. The number of carbonyl (C=O) groups is 1. The Morgan fingerprint density at radius 2 is 1.87 bits per heavy atom. The molecule has 0 spiro atoms. The molecule has 2 aromatic carbocycles. The summed E-state index contributed by atoms with van der Waals surface area (Å²) in [5.74, 6) is -0.328. The number of aryl methyl sites for hydroxylation is 1. The van der Waals surface area contributed by atoms with Crippen LogP contribution in [0.2, 0.25) is 0 Å². The van der Waals surface area contributed by atoms with Crippen LogP contribution in [-0.2, 0) is 4.79 Å². The fraction of sp³-hybridized carbons (Fsp3) is 0.111. The van der Waals surface area contributed by atoms with E-state index in [-0.39, 0.29) is 5.91 Å². The summed E-state index contributed by atoms with van der Waals surface area (Å²) >= 11 is 0. The number of carbonyl (C=O) groups excluding carboxylic acids is 1. The largest absolute Gasteiger partial charge is 0.423 e. The van der Waals surface area contributed by atoms with E-state index in [9.17, 15) is 9.59 Å². The van der Waals surface area contributed by atoms with Crippen molar-refractivity contribution in [3.63, 3.8) is 0 Å². The van der Waals surface area contributed by atoms with E-state index in [0.29, 0.717) is 11.3 Å². The Morgan fingerprint density at radius 1 is 1.13 bits per heavy atom. The summed E-state index contributed by atoms with van der Waals surface area (Å²) in [5.41, 5.74) is 8.06. The molecule has 3 N–H and O–H groups in total. The van der Waals surface area contributed by atoms with Gasteiger partial charge in [-0.15, -0.1) is 0 Å². The molecule has 1 heterocycles. The second kappa shape index (κ2) is 6.06. The van der Waals surface area contributed by atoms with Gasteiger partial charge in [-0.2, -0.15) is 0 Å². The summed E-state index contributed by atoms with van der Waals surface area (Å²) in [5, 5.41) is 3.57. The van der Waals surface area contributed by atoms with Crippen molar-refractivity contribution in [2.24, 2.45) is 5.73 Å². The smallest absolute Gasteiger partial charge is 0.336 e. The topological polar surface area (TPSA) is 85.3 Å². The molecule has 0 bridgehead atoms. The first-order valence-corrected chi connectivity index (χ1v) is 7.20. The molecule has 0 aliphatic rings. The first-order valence-electron chi connectivity index (χ1n) is 7.20. The zero-order chi connectivity index (χ0) is 16.4. The molecular formula is C18H16N2O3. The Bertz CT molecular complexity index is 916. The fourth-order valence-electron chi connectivity index (χ4n) is 2.43. The van der Waals surface area contributed by atoms with Crippen LogP contribution in [0.5, 0.6) is 0 Å². The molecule has 0 fully saturated rings. The molecule has 0 aliphatic heterocycles. The fourth-order valence-corrected chi connectivity index (χ4v) is 2.43. The lowest BCUT2D eigenvalue weighted by atomic mass is 10.1. The number of hydrogen-bond donors (Lipinski definition) is 2. The number of nitrogens with one attached hydrogen (secondary N) is 1. The Hall–Kier alpha value is -2.92. The summed E-state index contributed by atoms with van der Waals surface area (Å²) in [4.78, 5) is 23.7. The molecule has 1 amide bonds. The normalized spacial score (nSPS) is 12.1. The molecule has 3 aromatic rings. The van der Waals surface area contributed by atoms with Gasteiger partial charge in [-0.1, -0.05) is 30.3 Å². The van der Waals surface area contributed by atoms with Crippen LogP contribution in [0.1, 0.15) is 17.2 Å². The molecule has 0 radical (unpaired) electrons. The van der Waals surface area contributed by atoms with Crippen molar-refractivity contribution in [1.82, 2.24) is 0 Å². The van der Waals surface area contributed by atoms with Gasteiger partial charge in [-0.05, 0) is 30.2 Å². The third kappa shape index (κ3) is 3.14. The predicted molar refractivity (Wildman–Crippen MR) is 89.2 cm³/mol. The van der Waals surface area contributed by atoms with E-state index in [1.54, 1.807) is 30.3 Å². The highest BCUT2D eigenvalue weighted by atomic mass is 16.4. The molecule has 0 unspecified atom stereocenters. The number of amides is 1. The second-order valence-electron chi connectivity index (χ2n) is 5.34. The molecular weight excluding hydrogens is 292 g/mol. The summed E-state index contributed by atoms with van der Waals surface area (Å²) in [6, 6.07) is 15.0. The summed E-state index contributed by atoms with van der Waals surface area (Å²) in [6.07, 6.45) is 0. The number of nitrogens with two attached hydrogens (primary N) is 1. The summed E-state index contributed by atoms with van der Waals surface area (Å²) < 4.78 is 5.17. The van der Waals surface area contributed by atoms with Crippen molar-refractivity contribution < 1.29 is 9.21 Å².